The van der Waals surface area contributed by atoms with E-state index >= 15 is 0 Å². The summed E-state index contributed by atoms with van der Waals surface area (Å²) in [5.41, 5.74) is -2.77. The lowest BCUT2D eigenvalue weighted by Gasteiger charge is -2.22. The van der Waals surface area contributed by atoms with Crippen molar-refractivity contribution in [1.29, 1.82) is 0 Å². The van der Waals surface area contributed by atoms with Crippen LogP contribution in [0, 0.1) is 5.92 Å². The summed E-state index contributed by atoms with van der Waals surface area (Å²) in [6.07, 6.45) is 7.27. The number of ketones is 1. The van der Waals surface area contributed by atoms with Crippen LogP contribution in [0.5, 0.6) is 0 Å². The second-order valence-corrected chi connectivity index (χ2v) is 9.08. The van der Waals surface area contributed by atoms with Gasteiger partial charge in [0.05, 0.1) is 12.8 Å². The smallest absolute Gasteiger partial charge is 0.336 e. The van der Waals surface area contributed by atoms with Crippen LogP contribution >= 0.6 is 0 Å². The van der Waals surface area contributed by atoms with Gasteiger partial charge in [0.1, 0.15) is 0 Å². The van der Waals surface area contributed by atoms with E-state index < -0.39 is 42.5 Å². The van der Waals surface area contributed by atoms with E-state index in [0.717, 1.165) is 32.1 Å². The minimum atomic E-state index is -2.77. The Hall–Kier alpha value is -1.96. The molecule has 3 N–H and O–H groups in total. The van der Waals surface area contributed by atoms with Gasteiger partial charge in [-0.05, 0) is 25.2 Å². The maximum Gasteiger partial charge on any atom is 0.336 e. The van der Waals surface area contributed by atoms with E-state index in [9.17, 15) is 24.3 Å². The lowest BCUT2D eigenvalue weighted by atomic mass is 9.95. The third kappa shape index (κ3) is 14.2. The molecule has 0 rings (SSSR count). The van der Waals surface area contributed by atoms with E-state index in [1.165, 1.54) is 19.3 Å². The van der Waals surface area contributed by atoms with Gasteiger partial charge in [0.15, 0.2) is 17.5 Å². The number of carboxylic acids is 2. The summed E-state index contributed by atoms with van der Waals surface area (Å²) >= 11 is 0. The number of aliphatic carboxylic acids is 2. The quantitative estimate of drug-likeness (QED) is 0.179. The molecule has 0 bridgehead atoms. The predicted molar refractivity (Wildman–Crippen MR) is 120 cm³/mol. The van der Waals surface area contributed by atoms with Crippen LogP contribution in [0.15, 0.2) is 0 Å². The molecular formula is C24H42O8. The van der Waals surface area contributed by atoms with E-state index in [1.807, 2.05) is 6.92 Å². The molecule has 0 aromatic heterocycles. The van der Waals surface area contributed by atoms with E-state index in [2.05, 4.69) is 13.8 Å². The minimum absolute atomic E-state index is 0.221. The normalized spacial score (nSPS) is 14.0. The number of esters is 1. The van der Waals surface area contributed by atoms with Gasteiger partial charge in [0.25, 0.3) is 0 Å². The zero-order valence-electron chi connectivity index (χ0n) is 19.9. The van der Waals surface area contributed by atoms with Crippen LogP contribution in [0.4, 0.5) is 0 Å². The van der Waals surface area contributed by atoms with Crippen LogP contribution in [-0.2, 0) is 23.9 Å². The van der Waals surface area contributed by atoms with Gasteiger partial charge >= 0.3 is 17.9 Å². The van der Waals surface area contributed by atoms with Gasteiger partial charge in [-0.15, -0.1) is 0 Å². The zero-order valence-corrected chi connectivity index (χ0v) is 19.9. The summed E-state index contributed by atoms with van der Waals surface area (Å²) in [7, 11) is 0. The number of hydrogen-bond donors (Lipinski definition) is 3. The molecule has 0 heterocycles. The second-order valence-electron chi connectivity index (χ2n) is 9.08. The molecule has 0 radical (unpaired) electrons. The molecule has 0 amide bonds. The monoisotopic (exact) mass is 458 g/mol. The molecule has 0 aliphatic heterocycles. The molecule has 8 nitrogen and oxygen atoms in total. The Balaban J connectivity index is 4.74. The summed E-state index contributed by atoms with van der Waals surface area (Å²) in [5.74, 6) is -3.97. The Morgan fingerprint density at radius 1 is 0.812 bits per heavy atom. The van der Waals surface area contributed by atoms with Gasteiger partial charge in [0, 0.05) is 6.42 Å². The van der Waals surface area contributed by atoms with Crippen molar-refractivity contribution in [3.05, 3.63) is 0 Å². The largest absolute Gasteiger partial charge is 0.481 e. The summed E-state index contributed by atoms with van der Waals surface area (Å²) in [6.45, 7) is 6.42. The second kappa shape index (κ2) is 16.6. The van der Waals surface area contributed by atoms with Crippen LogP contribution in [0.1, 0.15) is 111 Å². The molecule has 0 saturated heterocycles. The number of carboxylic acid groups (broad SMARTS) is 2. The molecule has 186 valence electrons. The Bertz CT molecular complexity index is 587. The third-order valence-corrected chi connectivity index (χ3v) is 5.44. The molecule has 0 aliphatic carbocycles. The lowest BCUT2D eigenvalue weighted by molar-refractivity contribution is -0.174. The molecule has 8 heteroatoms. The number of rotatable bonds is 20. The Kier molecular flexibility index (Phi) is 15.6. The van der Waals surface area contributed by atoms with E-state index in [4.69, 9.17) is 14.9 Å². The highest BCUT2D eigenvalue weighted by Gasteiger charge is 2.42. The topological polar surface area (TPSA) is 138 Å². The number of unbranched alkanes of at least 4 members (excludes halogenated alkanes) is 7. The molecule has 0 aromatic rings. The van der Waals surface area contributed by atoms with Crippen molar-refractivity contribution in [1.82, 2.24) is 0 Å². The van der Waals surface area contributed by atoms with Crippen molar-refractivity contribution in [2.45, 2.75) is 122 Å². The highest BCUT2D eigenvalue weighted by molar-refractivity contribution is 5.90. The van der Waals surface area contributed by atoms with Crippen molar-refractivity contribution in [3.8, 4) is 0 Å². The number of Topliss-reactive ketones (excluding diaryl/α,β-unsaturated/α-hetero) is 1. The van der Waals surface area contributed by atoms with E-state index in [0.29, 0.717) is 25.2 Å². The molecule has 0 spiro atoms. The van der Waals surface area contributed by atoms with E-state index in [-0.39, 0.29) is 12.2 Å². The van der Waals surface area contributed by atoms with Crippen molar-refractivity contribution in [2.75, 3.05) is 0 Å². The van der Waals surface area contributed by atoms with Gasteiger partial charge in [-0.2, -0.15) is 0 Å². The molecule has 0 aromatic carbocycles. The van der Waals surface area contributed by atoms with Gasteiger partial charge in [-0.1, -0.05) is 72.1 Å². The van der Waals surface area contributed by atoms with Crippen LogP contribution in [0.3, 0.4) is 0 Å². The summed E-state index contributed by atoms with van der Waals surface area (Å²) in [4.78, 5) is 46.9. The molecule has 2 atom stereocenters. The zero-order chi connectivity index (χ0) is 24.6. The Morgan fingerprint density at radius 3 is 1.88 bits per heavy atom. The number of carbonyl (C=O) groups excluding carboxylic acids is 2. The first-order valence-electron chi connectivity index (χ1n) is 11.9. The van der Waals surface area contributed by atoms with Crippen molar-refractivity contribution >= 4 is 23.7 Å². The fourth-order valence-electron chi connectivity index (χ4n) is 3.49. The van der Waals surface area contributed by atoms with Crippen molar-refractivity contribution in [3.63, 3.8) is 0 Å². The maximum absolute atomic E-state index is 12.5. The molecule has 2 unspecified atom stereocenters. The van der Waals surface area contributed by atoms with Crippen molar-refractivity contribution < 1.29 is 39.2 Å². The minimum Gasteiger partial charge on any atom is -0.481 e. The van der Waals surface area contributed by atoms with E-state index in [1.54, 1.807) is 0 Å². The third-order valence-electron chi connectivity index (χ3n) is 5.44. The Morgan fingerprint density at radius 2 is 1.38 bits per heavy atom. The number of carbonyl (C=O) groups is 4. The fourth-order valence-corrected chi connectivity index (χ4v) is 3.49. The summed E-state index contributed by atoms with van der Waals surface area (Å²) < 4.78 is 5.24. The van der Waals surface area contributed by atoms with Crippen LogP contribution in [0.2, 0.25) is 0 Å². The van der Waals surface area contributed by atoms with Gasteiger partial charge in [-0.25, -0.2) is 4.79 Å². The number of hydrogen-bond acceptors (Lipinski definition) is 6. The Labute approximate surface area is 191 Å². The van der Waals surface area contributed by atoms with Gasteiger partial charge in [0.2, 0.25) is 0 Å². The standard InChI is InChI=1S/C24H42O8/c1-4-5-10-14-19(25)20(15-12-9-7-6-8-11-13-18(2)3)32-22(28)17-24(31,23(29)30)16-21(26)27/h18,20,31H,4-17H2,1-3H3,(H,26,27)(H,29,30). The SMILES string of the molecule is CCCCCC(=O)C(CCCCCCCCC(C)C)OC(=O)CC(O)(CC(=O)O)C(=O)O. The molecule has 0 saturated carbocycles. The predicted octanol–water partition coefficient (Wildman–Crippen LogP) is 4.50. The lowest BCUT2D eigenvalue weighted by Crippen LogP contribution is -2.44. The van der Waals surface area contributed by atoms with Crippen LogP contribution in [0.25, 0.3) is 0 Å². The summed E-state index contributed by atoms with van der Waals surface area (Å²) in [5, 5.41) is 28.0. The number of ether oxygens (including phenoxy) is 1. The van der Waals surface area contributed by atoms with Gasteiger partial charge in [-0.3, -0.25) is 14.4 Å². The van der Waals surface area contributed by atoms with Crippen LogP contribution < -0.4 is 0 Å². The fraction of sp³-hybridized carbons (Fsp3) is 0.833. The first kappa shape index (κ1) is 30.0. The highest BCUT2D eigenvalue weighted by Crippen LogP contribution is 2.20. The van der Waals surface area contributed by atoms with Crippen molar-refractivity contribution in [2.24, 2.45) is 5.92 Å². The first-order chi connectivity index (χ1) is 15.0. The summed E-state index contributed by atoms with van der Waals surface area (Å²) in [6, 6.07) is 0. The molecule has 0 aliphatic rings. The average molecular weight is 459 g/mol. The first-order valence-corrected chi connectivity index (χ1v) is 11.9. The molecule has 0 fully saturated rings. The highest BCUT2D eigenvalue weighted by atomic mass is 16.5. The number of aliphatic hydroxyl groups is 1. The van der Waals surface area contributed by atoms with Crippen LogP contribution in [-0.4, -0.2) is 50.7 Å². The molecular weight excluding hydrogens is 416 g/mol. The molecule has 32 heavy (non-hydrogen) atoms. The van der Waals surface area contributed by atoms with Gasteiger partial charge < -0.3 is 20.1 Å². The average Bonchev–Trinajstić information content (AvgIpc) is 2.68. The maximum atomic E-state index is 12.5.